The topological polar surface area (TPSA) is 49.3 Å². The Morgan fingerprint density at radius 2 is 2.22 bits per heavy atom. The van der Waals surface area contributed by atoms with E-state index >= 15 is 0 Å². The maximum atomic E-state index is 11.1. The van der Waals surface area contributed by atoms with Gasteiger partial charge in [-0.3, -0.25) is 0 Å². The number of carbonyl (C=O) groups is 1. The van der Waals surface area contributed by atoms with E-state index in [4.69, 9.17) is 5.11 Å². The highest BCUT2D eigenvalue weighted by molar-refractivity contribution is 5.91. The van der Waals surface area contributed by atoms with Crippen LogP contribution in [-0.4, -0.2) is 17.1 Å². The highest BCUT2D eigenvalue weighted by Crippen LogP contribution is 2.31. The molecule has 0 aromatic heterocycles. The molecule has 3 nitrogen and oxygen atoms in total. The Labute approximate surface area is 108 Å². The van der Waals surface area contributed by atoms with E-state index in [2.05, 4.69) is 12.2 Å². The van der Waals surface area contributed by atoms with Gasteiger partial charge in [-0.05, 0) is 49.8 Å². The average Bonchev–Trinajstić information content (AvgIpc) is 2.79. The summed E-state index contributed by atoms with van der Waals surface area (Å²) in [5.74, 6) is -0.0283. The molecule has 18 heavy (non-hydrogen) atoms. The van der Waals surface area contributed by atoms with Crippen molar-refractivity contribution in [2.75, 3.05) is 5.32 Å². The van der Waals surface area contributed by atoms with Crippen LogP contribution in [0.2, 0.25) is 0 Å². The standard InChI is InChI=1S/C15H21NO2/c1-3-11-7-8-12(9-11)16-14-6-4-5-13(10(14)2)15(17)18/h4-6,11-12,16H,3,7-9H2,1-2H3,(H,17,18). The summed E-state index contributed by atoms with van der Waals surface area (Å²) in [4.78, 5) is 11.1. The number of hydrogen-bond acceptors (Lipinski definition) is 2. The maximum Gasteiger partial charge on any atom is 0.336 e. The minimum Gasteiger partial charge on any atom is -0.478 e. The molecule has 1 fully saturated rings. The highest BCUT2D eigenvalue weighted by atomic mass is 16.4. The Morgan fingerprint density at radius 1 is 1.44 bits per heavy atom. The molecule has 2 rings (SSSR count). The number of carboxylic acids is 1. The van der Waals surface area contributed by atoms with Crippen molar-refractivity contribution in [1.29, 1.82) is 0 Å². The summed E-state index contributed by atoms with van der Waals surface area (Å²) in [5.41, 5.74) is 2.20. The zero-order valence-corrected chi connectivity index (χ0v) is 11.1. The molecule has 1 aromatic carbocycles. The van der Waals surface area contributed by atoms with Crippen LogP contribution in [0.4, 0.5) is 5.69 Å². The van der Waals surface area contributed by atoms with E-state index in [1.165, 1.54) is 25.7 Å². The second-order valence-electron chi connectivity index (χ2n) is 5.21. The fourth-order valence-corrected chi connectivity index (χ4v) is 2.82. The molecule has 0 bridgehead atoms. The summed E-state index contributed by atoms with van der Waals surface area (Å²) >= 11 is 0. The van der Waals surface area contributed by atoms with Crippen LogP contribution < -0.4 is 5.32 Å². The second-order valence-corrected chi connectivity index (χ2v) is 5.21. The van der Waals surface area contributed by atoms with E-state index in [1.807, 2.05) is 19.1 Å². The summed E-state index contributed by atoms with van der Waals surface area (Å²) in [6, 6.07) is 5.94. The Balaban J connectivity index is 2.10. The van der Waals surface area contributed by atoms with E-state index in [0.29, 0.717) is 11.6 Å². The van der Waals surface area contributed by atoms with Crippen molar-refractivity contribution >= 4 is 11.7 Å². The minimum atomic E-state index is -0.853. The van der Waals surface area contributed by atoms with Gasteiger partial charge in [-0.25, -0.2) is 4.79 Å². The molecule has 0 heterocycles. The van der Waals surface area contributed by atoms with Crippen LogP contribution in [0.15, 0.2) is 18.2 Å². The first-order valence-corrected chi connectivity index (χ1v) is 6.71. The van der Waals surface area contributed by atoms with Gasteiger partial charge in [0.1, 0.15) is 0 Å². The molecule has 0 aliphatic heterocycles. The summed E-state index contributed by atoms with van der Waals surface area (Å²) in [5, 5.41) is 12.6. The van der Waals surface area contributed by atoms with E-state index in [0.717, 1.165) is 17.2 Å². The second kappa shape index (κ2) is 5.42. The molecule has 1 aliphatic rings. The van der Waals surface area contributed by atoms with Gasteiger partial charge in [0.2, 0.25) is 0 Å². The third-order valence-electron chi connectivity index (χ3n) is 4.04. The van der Waals surface area contributed by atoms with Crippen molar-refractivity contribution in [3.8, 4) is 0 Å². The smallest absolute Gasteiger partial charge is 0.336 e. The molecular formula is C15H21NO2. The summed E-state index contributed by atoms with van der Waals surface area (Å²) in [7, 11) is 0. The van der Waals surface area contributed by atoms with E-state index in [9.17, 15) is 4.79 Å². The highest BCUT2D eigenvalue weighted by Gasteiger charge is 2.23. The Kier molecular flexibility index (Phi) is 3.90. The van der Waals surface area contributed by atoms with Gasteiger partial charge in [0.25, 0.3) is 0 Å². The van der Waals surface area contributed by atoms with Crippen molar-refractivity contribution in [2.24, 2.45) is 5.92 Å². The Bertz CT molecular complexity index is 442. The summed E-state index contributed by atoms with van der Waals surface area (Å²) in [6.45, 7) is 4.11. The fourth-order valence-electron chi connectivity index (χ4n) is 2.82. The number of carboxylic acid groups (broad SMARTS) is 1. The fraction of sp³-hybridized carbons (Fsp3) is 0.533. The zero-order chi connectivity index (χ0) is 13.1. The molecular weight excluding hydrogens is 226 g/mol. The van der Waals surface area contributed by atoms with Gasteiger partial charge in [-0.15, -0.1) is 0 Å². The van der Waals surface area contributed by atoms with Gasteiger partial charge < -0.3 is 10.4 Å². The molecule has 1 aliphatic carbocycles. The van der Waals surface area contributed by atoms with Crippen LogP contribution in [0.3, 0.4) is 0 Å². The zero-order valence-electron chi connectivity index (χ0n) is 11.1. The number of aromatic carboxylic acids is 1. The van der Waals surface area contributed by atoms with E-state index in [-0.39, 0.29) is 0 Å². The van der Waals surface area contributed by atoms with Gasteiger partial charge in [0.15, 0.2) is 0 Å². The van der Waals surface area contributed by atoms with Crippen molar-refractivity contribution in [3.63, 3.8) is 0 Å². The molecule has 3 heteroatoms. The van der Waals surface area contributed by atoms with E-state index < -0.39 is 5.97 Å². The average molecular weight is 247 g/mol. The molecule has 2 atom stereocenters. The molecule has 2 N–H and O–H groups in total. The summed E-state index contributed by atoms with van der Waals surface area (Å²) in [6.07, 6.45) is 4.92. The number of hydrogen-bond donors (Lipinski definition) is 2. The third kappa shape index (κ3) is 2.66. The molecule has 1 saturated carbocycles. The molecule has 1 aromatic rings. The lowest BCUT2D eigenvalue weighted by Gasteiger charge is -2.17. The first-order valence-electron chi connectivity index (χ1n) is 6.71. The molecule has 0 saturated heterocycles. The minimum absolute atomic E-state index is 0.394. The lowest BCUT2D eigenvalue weighted by Crippen LogP contribution is -2.17. The number of rotatable bonds is 4. The van der Waals surface area contributed by atoms with Crippen LogP contribution in [0.25, 0.3) is 0 Å². The predicted octanol–water partition coefficient (Wildman–Crippen LogP) is 3.68. The largest absolute Gasteiger partial charge is 0.478 e. The molecule has 0 spiro atoms. The van der Waals surface area contributed by atoms with E-state index in [1.54, 1.807) is 6.07 Å². The third-order valence-corrected chi connectivity index (χ3v) is 4.04. The lowest BCUT2D eigenvalue weighted by molar-refractivity contribution is 0.0696. The number of anilines is 1. The first-order chi connectivity index (χ1) is 8.61. The molecule has 98 valence electrons. The van der Waals surface area contributed by atoms with Gasteiger partial charge in [0, 0.05) is 11.7 Å². The van der Waals surface area contributed by atoms with Gasteiger partial charge >= 0.3 is 5.97 Å². The number of benzene rings is 1. The van der Waals surface area contributed by atoms with Crippen LogP contribution in [0.5, 0.6) is 0 Å². The van der Waals surface area contributed by atoms with Gasteiger partial charge in [-0.2, -0.15) is 0 Å². The van der Waals surface area contributed by atoms with Crippen LogP contribution in [0.1, 0.15) is 48.5 Å². The molecule has 0 amide bonds. The van der Waals surface area contributed by atoms with Crippen LogP contribution in [-0.2, 0) is 0 Å². The molecule has 2 unspecified atom stereocenters. The van der Waals surface area contributed by atoms with Crippen molar-refractivity contribution in [1.82, 2.24) is 0 Å². The van der Waals surface area contributed by atoms with Crippen molar-refractivity contribution in [2.45, 2.75) is 45.6 Å². The Hall–Kier alpha value is -1.51. The van der Waals surface area contributed by atoms with Crippen LogP contribution in [0, 0.1) is 12.8 Å². The van der Waals surface area contributed by atoms with Crippen LogP contribution >= 0.6 is 0 Å². The van der Waals surface area contributed by atoms with Crippen molar-refractivity contribution < 1.29 is 9.90 Å². The molecule has 0 radical (unpaired) electrons. The number of nitrogens with one attached hydrogen (secondary N) is 1. The summed E-state index contributed by atoms with van der Waals surface area (Å²) < 4.78 is 0. The van der Waals surface area contributed by atoms with Gasteiger partial charge in [0.05, 0.1) is 5.56 Å². The van der Waals surface area contributed by atoms with Crippen molar-refractivity contribution in [3.05, 3.63) is 29.3 Å². The van der Waals surface area contributed by atoms with Gasteiger partial charge in [-0.1, -0.05) is 19.4 Å². The monoisotopic (exact) mass is 247 g/mol. The first kappa shape index (κ1) is 12.9. The predicted molar refractivity (Wildman–Crippen MR) is 73.2 cm³/mol. The maximum absolute atomic E-state index is 11.1. The Morgan fingerprint density at radius 3 is 2.83 bits per heavy atom. The quantitative estimate of drug-likeness (QED) is 0.853. The lowest BCUT2D eigenvalue weighted by atomic mass is 10.0. The normalized spacial score (nSPS) is 23.0. The SMILES string of the molecule is CCC1CCC(Nc2cccc(C(=O)O)c2C)C1.